The second-order valence-electron chi connectivity index (χ2n) is 2.73. The summed E-state index contributed by atoms with van der Waals surface area (Å²) in [5.41, 5.74) is 0. The first kappa shape index (κ1) is 7.38. The van der Waals surface area contributed by atoms with Gasteiger partial charge in [-0.05, 0) is 18.8 Å². The van der Waals surface area contributed by atoms with Crippen molar-refractivity contribution in [1.29, 1.82) is 0 Å². The van der Waals surface area contributed by atoms with E-state index >= 15 is 0 Å². The lowest BCUT2D eigenvalue weighted by Crippen LogP contribution is -2.09. The van der Waals surface area contributed by atoms with Crippen LogP contribution in [0.4, 0.5) is 4.79 Å². The van der Waals surface area contributed by atoms with Gasteiger partial charge in [-0.2, -0.15) is 0 Å². The molecular weight excluding hydrogens is 132 g/mol. The maximum Gasteiger partial charge on any atom is 0.505 e. The number of rotatable bonds is 2. The van der Waals surface area contributed by atoms with Gasteiger partial charge < -0.3 is 9.84 Å². The van der Waals surface area contributed by atoms with Crippen LogP contribution in [-0.2, 0) is 4.74 Å². The Bertz CT molecular complexity index is 116. The zero-order valence-corrected chi connectivity index (χ0v) is 5.88. The maximum atomic E-state index is 9.93. The van der Waals surface area contributed by atoms with Crippen LogP contribution < -0.4 is 0 Å². The lowest BCUT2D eigenvalue weighted by Gasteiger charge is -2.05. The van der Waals surface area contributed by atoms with Crippen molar-refractivity contribution in [2.75, 3.05) is 6.61 Å². The van der Waals surface area contributed by atoms with Crippen molar-refractivity contribution in [3.05, 3.63) is 0 Å². The fourth-order valence-electron chi connectivity index (χ4n) is 1.37. The number of carbonyl (C=O) groups is 1. The Hall–Kier alpha value is -0.730. The highest BCUT2D eigenvalue weighted by Crippen LogP contribution is 2.24. The molecule has 0 bridgehead atoms. The van der Waals surface area contributed by atoms with Gasteiger partial charge in [-0.1, -0.05) is 12.8 Å². The second-order valence-corrected chi connectivity index (χ2v) is 2.73. The van der Waals surface area contributed by atoms with Crippen molar-refractivity contribution in [3.8, 4) is 0 Å². The minimum Gasteiger partial charge on any atom is -0.450 e. The number of carboxylic acid groups (broad SMARTS) is 1. The van der Waals surface area contributed by atoms with Crippen molar-refractivity contribution in [1.82, 2.24) is 0 Å². The first-order chi connectivity index (χ1) is 4.79. The Kier molecular flexibility index (Phi) is 2.54. The van der Waals surface area contributed by atoms with Gasteiger partial charge in [-0.25, -0.2) is 4.79 Å². The van der Waals surface area contributed by atoms with Crippen LogP contribution in [0.1, 0.15) is 25.7 Å². The van der Waals surface area contributed by atoms with E-state index in [0.29, 0.717) is 12.5 Å². The third kappa shape index (κ3) is 2.25. The molecule has 0 aromatic carbocycles. The first-order valence-corrected chi connectivity index (χ1v) is 3.65. The van der Waals surface area contributed by atoms with Crippen LogP contribution in [0.2, 0.25) is 0 Å². The predicted octanol–water partition coefficient (Wildman–Crippen LogP) is 1.87. The summed E-state index contributed by atoms with van der Waals surface area (Å²) in [6.45, 7) is 0.398. The average molecular weight is 144 g/mol. The molecule has 0 aromatic rings. The van der Waals surface area contributed by atoms with Crippen LogP contribution in [0.3, 0.4) is 0 Å². The molecule has 1 fully saturated rings. The molecule has 0 unspecified atom stereocenters. The molecule has 0 heterocycles. The third-order valence-corrected chi connectivity index (χ3v) is 1.92. The molecule has 1 aliphatic rings. The van der Waals surface area contributed by atoms with Gasteiger partial charge in [0.2, 0.25) is 0 Å². The highest BCUT2D eigenvalue weighted by atomic mass is 16.7. The number of hydrogen-bond acceptors (Lipinski definition) is 2. The Balaban J connectivity index is 2.07. The molecule has 0 radical (unpaired) electrons. The fourth-order valence-corrected chi connectivity index (χ4v) is 1.37. The zero-order chi connectivity index (χ0) is 7.40. The monoisotopic (exact) mass is 144 g/mol. The molecular formula is C7H12O3. The largest absolute Gasteiger partial charge is 0.505 e. The van der Waals surface area contributed by atoms with E-state index < -0.39 is 6.16 Å². The van der Waals surface area contributed by atoms with Crippen LogP contribution in [0.5, 0.6) is 0 Å². The Morgan fingerprint density at radius 3 is 2.60 bits per heavy atom. The van der Waals surface area contributed by atoms with E-state index in [9.17, 15) is 4.79 Å². The molecule has 3 nitrogen and oxygen atoms in total. The van der Waals surface area contributed by atoms with E-state index in [1.807, 2.05) is 0 Å². The Labute approximate surface area is 60.0 Å². The van der Waals surface area contributed by atoms with Gasteiger partial charge in [-0.15, -0.1) is 0 Å². The first-order valence-electron chi connectivity index (χ1n) is 3.65. The summed E-state index contributed by atoms with van der Waals surface area (Å²) >= 11 is 0. The summed E-state index contributed by atoms with van der Waals surface area (Å²) in [6.07, 6.45) is 3.58. The number of hydrogen-bond donors (Lipinski definition) is 1. The quantitative estimate of drug-likeness (QED) is 0.602. The van der Waals surface area contributed by atoms with Crippen LogP contribution in [-0.4, -0.2) is 17.9 Å². The summed E-state index contributed by atoms with van der Waals surface area (Å²) < 4.78 is 4.44. The molecule has 58 valence electrons. The topological polar surface area (TPSA) is 46.5 Å². The van der Waals surface area contributed by atoms with E-state index in [4.69, 9.17) is 5.11 Å². The van der Waals surface area contributed by atoms with Crippen molar-refractivity contribution in [2.45, 2.75) is 25.7 Å². The van der Waals surface area contributed by atoms with Crippen molar-refractivity contribution in [2.24, 2.45) is 5.92 Å². The maximum absolute atomic E-state index is 9.93. The van der Waals surface area contributed by atoms with Gasteiger partial charge in [0.1, 0.15) is 0 Å². The van der Waals surface area contributed by atoms with Gasteiger partial charge in [0.05, 0.1) is 6.61 Å². The number of ether oxygens (including phenoxy) is 1. The standard InChI is InChI=1S/C7H12O3/c8-7(9)10-5-6-3-1-2-4-6/h6H,1-5H2,(H,8,9). The van der Waals surface area contributed by atoms with E-state index in [1.54, 1.807) is 0 Å². The molecule has 0 amide bonds. The SMILES string of the molecule is O=C(O)OCC1CCCC1. The molecule has 0 aliphatic heterocycles. The van der Waals surface area contributed by atoms with E-state index in [0.717, 1.165) is 12.8 Å². The summed E-state index contributed by atoms with van der Waals surface area (Å²) in [7, 11) is 0. The highest BCUT2D eigenvalue weighted by molar-refractivity contribution is 5.56. The smallest absolute Gasteiger partial charge is 0.450 e. The van der Waals surface area contributed by atoms with Crippen molar-refractivity contribution < 1.29 is 14.6 Å². The molecule has 0 saturated heterocycles. The second kappa shape index (κ2) is 3.44. The lowest BCUT2D eigenvalue weighted by molar-refractivity contribution is 0.0777. The third-order valence-electron chi connectivity index (χ3n) is 1.92. The molecule has 1 saturated carbocycles. The zero-order valence-electron chi connectivity index (χ0n) is 5.88. The fraction of sp³-hybridized carbons (Fsp3) is 0.857. The Morgan fingerprint density at radius 2 is 2.10 bits per heavy atom. The normalized spacial score (nSPS) is 19.2. The van der Waals surface area contributed by atoms with Gasteiger partial charge in [0.15, 0.2) is 0 Å². The molecule has 0 aromatic heterocycles. The van der Waals surface area contributed by atoms with E-state index in [1.165, 1.54) is 12.8 Å². The van der Waals surface area contributed by atoms with Crippen LogP contribution in [0.25, 0.3) is 0 Å². The van der Waals surface area contributed by atoms with Crippen LogP contribution in [0, 0.1) is 5.92 Å². The van der Waals surface area contributed by atoms with Gasteiger partial charge in [-0.3, -0.25) is 0 Å². The summed E-state index contributed by atoms with van der Waals surface area (Å²) in [5.74, 6) is 0.496. The lowest BCUT2D eigenvalue weighted by atomic mass is 10.1. The summed E-state index contributed by atoms with van der Waals surface area (Å²) in [4.78, 5) is 9.93. The molecule has 1 N–H and O–H groups in total. The Morgan fingerprint density at radius 1 is 1.50 bits per heavy atom. The van der Waals surface area contributed by atoms with Crippen molar-refractivity contribution >= 4 is 6.16 Å². The summed E-state index contributed by atoms with van der Waals surface area (Å²) in [5, 5.41) is 8.15. The van der Waals surface area contributed by atoms with Crippen LogP contribution >= 0.6 is 0 Å². The molecule has 1 aliphatic carbocycles. The average Bonchev–Trinajstić information content (AvgIpc) is 2.34. The van der Waals surface area contributed by atoms with Crippen molar-refractivity contribution in [3.63, 3.8) is 0 Å². The van der Waals surface area contributed by atoms with Gasteiger partial charge >= 0.3 is 6.16 Å². The van der Waals surface area contributed by atoms with E-state index in [-0.39, 0.29) is 0 Å². The molecule has 10 heavy (non-hydrogen) atoms. The highest BCUT2D eigenvalue weighted by Gasteiger charge is 2.16. The molecule has 0 atom stereocenters. The molecule has 0 spiro atoms. The predicted molar refractivity (Wildman–Crippen MR) is 35.9 cm³/mol. The molecule has 1 rings (SSSR count). The van der Waals surface area contributed by atoms with E-state index in [2.05, 4.69) is 4.74 Å². The summed E-state index contributed by atoms with van der Waals surface area (Å²) in [6, 6.07) is 0. The minimum absolute atomic E-state index is 0.398. The van der Waals surface area contributed by atoms with Gasteiger partial charge in [0, 0.05) is 0 Å². The van der Waals surface area contributed by atoms with Crippen LogP contribution in [0.15, 0.2) is 0 Å². The molecule has 3 heteroatoms. The minimum atomic E-state index is -1.15. The van der Waals surface area contributed by atoms with Gasteiger partial charge in [0.25, 0.3) is 0 Å².